The molecule has 0 fully saturated rings. The third kappa shape index (κ3) is 6.67. The molecule has 4 rings (SSSR count). The van der Waals surface area contributed by atoms with E-state index in [9.17, 15) is 0 Å². The summed E-state index contributed by atoms with van der Waals surface area (Å²) in [5, 5.41) is 2.94. The van der Waals surface area contributed by atoms with Gasteiger partial charge in [0.25, 0.3) is 0 Å². The Morgan fingerprint density at radius 3 is 2.00 bits per heavy atom. The summed E-state index contributed by atoms with van der Waals surface area (Å²) >= 11 is 0. The van der Waals surface area contributed by atoms with E-state index in [2.05, 4.69) is 97.3 Å². The van der Waals surface area contributed by atoms with E-state index >= 15 is 0 Å². The van der Waals surface area contributed by atoms with Crippen molar-refractivity contribution in [1.82, 2.24) is 9.55 Å². The van der Waals surface area contributed by atoms with Crippen LogP contribution >= 0.6 is 7.92 Å². The molecule has 0 N–H and O–H groups in total. The third-order valence-electron chi connectivity index (χ3n) is 6.26. The first-order valence-corrected chi connectivity index (χ1v) is 14.0. The van der Waals surface area contributed by atoms with Crippen molar-refractivity contribution >= 4 is 29.6 Å². The molecule has 4 aromatic rings. The lowest BCUT2D eigenvalue weighted by atomic mass is 10.2. The average Bonchev–Trinajstić information content (AvgIpc) is 3.19. The number of rotatable bonds is 11. The van der Waals surface area contributed by atoms with Crippen LogP contribution in [0.5, 0.6) is 0 Å². The Morgan fingerprint density at radius 1 is 0.758 bits per heavy atom. The van der Waals surface area contributed by atoms with E-state index < -0.39 is 7.92 Å². The number of aryl methyl sites for hydroxylation is 2. The SMILES string of the molecule is CCCCCc1nc2cc(C[PH+](c3ccccc3)c3ccccc3)ccc2n1CCCC.[I-]. The summed E-state index contributed by atoms with van der Waals surface area (Å²) in [7, 11) is -0.889. The lowest BCUT2D eigenvalue weighted by Gasteiger charge is -2.11. The minimum Gasteiger partial charge on any atom is -1.00 e. The summed E-state index contributed by atoms with van der Waals surface area (Å²) in [5.74, 6) is 1.27. The van der Waals surface area contributed by atoms with Crippen molar-refractivity contribution in [2.45, 2.75) is 65.1 Å². The van der Waals surface area contributed by atoms with Gasteiger partial charge in [-0.15, -0.1) is 0 Å². The number of fused-ring (bicyclic) bond motifs is 1. The molecule has 0 atom stereocenters. The summed E-state index contributed by atoms with van der Waals surface area (Å²) in [6, 6.07) is 29.1. The average molecular weight is 570 g/mol. The van der Waals surface area contributed by atoms with Crippen molar-refractivity contribution in [3.05, 3.63) is 90.3 Å². The summed E-state index contributed by atoms with van der Waals surface area (Å²) in [4.78, 5) is 5.13. The lowest BCUT2D eigenvalue weighted by molar-refractivity contribution is -0.00000663. The van der Waals surface area contributed by atoms with Crippen LogP contribution in [0, 0.1) is 0 Å². The first-order valence-electron chi connectivity index (χ1n) is 12.2. The molecule has 0 unspecified atom stereocenters. The second-order valence-electron chi connectivity index (χ2n) is 8.70. The van der Waals surface area contributed by atoms with Crippen molar-refractivity contribution in [1.29, 1.82) is 0 Å². The van der Waals surface area contributed by atoms with E-state index in [1.54, 1.807) is 0 Å². The van der Waals surface area contributed by atoms with E-state index in [1.807, 2.05) is 0 Å². The number of nitrogens with zero attached hydrogens (tertiary/aromatic N) is 2. The predicted molar refractivity (Wildman–Crippen MR) is 142 cm³/mol. The highest BCUT2D eigenvalue weighted by Crippen LogP contribution is 2.38. The molecule has 0 saturated carbocycles. The van der Waals surface area contributed by atoms with Crippen molar-refractivity contribution in [3.8, 4) is 0 Å². The normalized spacial score (nSPS) is 11.1. The summed E-state index contributed by atoms with van der Waals surface area (Å²) < 4.78 is 2.48. The highest BCUT2D eigenvalue weighted by atomic mass is 127. The van der Waals surface area contributed by atoms with Gasteiger partial charge in [-0.05, 0) is 54.8 Å². The van der Waals surface area contributed by atoms with Gasteiger partial charge >= 0.3 is 0 Å². The van der Waals surface area contributed by atoms with Crippen molar-refractivity contribution < 1.29 is 24.0 Å². The van der Waals surface area contributed by atoms with Gasteiger partial charge < -0.3 is 28.5 Å². The van der Waals surface area contributed by atoms with Crippen molar-refractivity contribution in [3.63, 3.8) is 0 Å². The molecular weight excluding hydrogens is 534 g/mol. The molecule has 33 heavy (non-hydrogen) atoms. The van der Waals surface area contributed by atoms with Gasteiger partial charge in [0, 0.05) is 13.0 Å². The predicted octanol–water partition coefficient (Wildman–Crippen LogP) is 3.94. The zero-order valence-corrected chi connectivity index (χ0v) is 23.1. The lowest BCUT2D eigenvalue weighted by Crippen LogP contribution is -3.00. The minimum absolute atomic E-state index is 0. The molecule has 0 aliphatic rings. The number of imidazole rings is 1. The fourth-order valence-electron chi connectivity index (χ4n) is 4.48. The first-order chi connectivity index (χ1) is 15.8. The van der Waals surface area contributed by atoms with Gasteiger partial charge in [-0.1, -0.05) is 75.6 Å². The van der Waals surface area contributed by atoms with Gasteiger partial charge in [-0.25, -0.2) is 4.98 Å². The number of aromatic nitrogens is 2. The molecule has 0 aliphatic carbocycles. The van der Waals surface area contributed by atoms with E-state index in [-0.39, 0.29) is 24.0 Å². The molecule has 2 nitrogen and oxygen atoms in total. The molecule has 174 valence electrons. The van der Waals surface area contributed by atoms with Crippen LogP contribution in [0.1, 0.15) is 57.3 Å². The smallest absolute Gasteiger partial charge is 0.109 e. The second kappa shape index (κ2) is 13.2. The van der Waals surface area contributed by atoms with Crippen LogP contribution in [0.4, 0.5) is 0 Å². The van der Waals surface area contributed by atoms with Gasteiger partial charge in [0.15, 0.2) is 0 Å². The number of halogens is 1. The highest BCUT2D eigenvalue weighted by Gasteiger charge is 2.23. The Bertz CT molecular complexity index is 1070. The van der Waals surface area contributed by atoms with Crippen molar-refractivity contribution in [2.75, 3.05) is 0 Å². The van der Waals surface area contributed by atoms with Gasteiger partial charge in [0.05, 0.1) is 35.7 Å². The summed E-state index contributed by atoms with van der Waals surface area (Å²) in [5.41, 5.74) is 3.88. The molecule has 0 radical (unpaired) electrons. The van der Waals surface area contributed by atoms with Gasteiger partial charge in [-0.3, -0.25) is 0 Å². The summed E-state index contributed by atoms with van der Waals surface area (Å²) in [6.45, 7) is 5.62. The van der Waals surface area contributed by atoms with Crippen LogP contribution in [0.25, 0.3) is 11.0 Å². The van der Waals surface area contributed by atoms with Gasteiger partial charge in [0.1, 0.15) is 5.82 Å². The zero-order chi connectivity index (χ0) is 22.2. The number of hydrogen-bond donors (Lipinski definition) is 0. The van der Waals surface area contributed by atoms with Crippen LogP contribution in [0.2, 0.25) is 0 Å². The van der Waals surface area contributed by atoms with Crippen LogP contribution in [0.15, 0.2) is 78.9 Å². The third-order valence-corrected chi connectivity index (χ3v) is 9.08. The Balaban J connectivity index is 0.00000306. The molecule has 0 spiro atoms. The summed E-state index contributed by atoms with van der Waals surface area (Å²) in [6.07, 6.45) is 8.36. The highest BCUT2D eigenvalue weighted by molar-refractivity contribution is 7.72. The fraction of sp³-hybridized carbons (Fsp3) is 0.345. The molecular formula is C29H36IN2P. The maximum Gasteiger partial charge on any atom is 0.109 e. The minimum atomic E-state index is -0.889. The van der Waals surface area contributed by atoms with Gasteiger partial charge in [-0.2, -0.15) is 0 Å². The van der Waals surface area contributed by atoms with Crippen LogP contribution in [0.3, 0.4) is 0 Å². The zero-order valence-electron chi connectivity index (χ0n) is 19.9. The molecule has 3 aromatic carbocycles. The molecule has 1 aromatic heterocycles. The first kappa shape index (κ1) is 25.9. The standard InChI is InChI=1S/C29H35N2P.HI/c1-3-5-9-18-29-30-27-22-24(19-20-28(27)31(29)21-6-4-2)23-32(25-14-10-7-11-15-25)26-16-12-8-13-17-26;/h7-8,10-17,19-20,22H,3-6,9,18,21,23H2,1-2H3;1H. The second-order valence-corrected chi connectivity index (χ2v) is 11.2. The number of hydrogen-bond acceptors (Lipinski definition) is 1. The Hall–Kier alpha value is -1.71. The van der Waals surface area contributed by atoms with Crippen LogP contribution in [-0.4, -0.2) is 9.55 Å². The largest absolute Gasteiger partial charge is 1.00 e. The number of unbranched alkanes of at least 4 members (excludes halogenated alkanes) is 3. The molecule has 0 saturated heterocycles. The van der Waals surface area contributed by atoms with Crippen LogP contribution in [-0.2, 0) is 19.1 Å². The maximum atomic E-state index is 5.13. The number of benzene rings is 3. The van der Waals surface area contributed by atoms with E-state index in [1.165, 1.54) is 65.1 Å². The van der Waals surface area contributed by atoms with E-state index in [0.717, 1.165) is 19.1 Å². The maximum absolute atomic E-state index is 5.13. The Morgan fingerprint density at radius 2 is 1.39 bits per heavy atom. The molecule has 0 amide bonds. The van der Waals surface area contributed by atoms with E-state index in [4.69, 9.17) is 4.98 Å². The quantitative estimate of drug-likeness (QED) is 0.152. The molecule has 0 bridgehead atoms. The monoisotopic (exact) mass is 570 g/mol. The Kier molecular flexibility index (Phi) is 10.4. The Labute approximate surface area is 217 Å². The van der Waals surface area contributed by atoms with Gasteiger partial charge in [0.2, 0.25) is 0 Å². The van der Waals surface area contributed by atoms with Crippen molar-refractivity contribution in [2.24, 2.45) is 0 Å². The topological polar surface area (TPSA) is 17.8 Å². The molecule has 1 heterocycles. The molecule has 0 aliphatic heterocycles. The fourth-order valence-corrected chi connectivity index (χ4v) is 7.04. The molecule has 4 heteroatoms. The van der Waals surface area contributed by atoms with E-state index in [0.29, 0.717) is 0 Å². The van der Waals surface area contributed by atoms with Crippen LogP contribution < -0.4 is 34.6 Å².